The summed E-state index contributed by atoms with van der Waals surface area (Å²) in [6, 6.07) is 10.1. The van der Waals surface area contributed by atoms with Crippen molar-refractivity contribution in [2.45, 2.75) is 103 Å². The number of ether oxygens (including phenoxy) is 1. The van der Waals surface area contributed by atoms with Crippen LogP contribution in [-0.2, 0) is 16.1 Å². The SMILES string of the molecule is CCCCCCCCCCC1(C(=O)OCc2ccccc2)CCCCC1. The Bertz CT molecular complexity index is 488. The third-order valence-corrected chi connectivity index (χ3v) is 5.97. The van der Waals surface area contributed by atoms with Gasteiger partial charge in [0.15, 0.2) is 0 Å². The molecule has 0 aromatic heterocycles. The summed E-state index contributed by atoms with van der Waals surface area (Å²) >= 11 is 0. The molecule has 1 aromatic rings. The van der Waals surface area contributed by atoms with Crippen molar-refractivity contribution in [2.24, 2.45) is 5.41 Å². The van der Waals surface area contributed by atoms with E-state index in [9.17, 15) is 4.79 Å². The van der Waals surface area contributed by atoms with E-state index in [0.717, 1.165) is 24.8 Å². The van der Waals surface area contributed by atoms with Crippen molar-refractivity contribution in [3.8, 4) is 0 Å². The molecule has 26 heavy (non-hydrogen) atoms. The maximum atomic E-state index is 12.9. The normalized spacial score (nSPS) is 16.3. The fraction of sp³-hybridized carbons (Fsp3) is 0.708. The summed E-state index contributed by atoms with van der Waals surface area (Å²) in [5.74, 6) is 0.0593. The Morgan fingerprint density at radius 1 is 0.885 bits per heavy atom. The quantitative estimate of drug-likeness (QED) is 0.291. The fourth-order valence-corrected chi connectivity index (χ4v) is 4.26. The summed E-state index contributed by atoms with van der Waals surface area (Å²) in [7, 11) is 0. The van der Waals surface area contributed by atoms with Crippen molar-refractivity contribution in [1.82, 2.24) is 0 Å². The van der Waals surface area contributed by atoms with Gasteiger partial charge in [-0.3, -0.25) is 4.79 Å². The summed E-state index contributed by atoms with van der Waals surface area (Å²) < 4.78 is 5.75. The molecule has 0 atom stereocenters. The highest BCUT2D eigenvalue weighted by Gasteiger charge is 2.40. The smallest absolute Gasteiger partial charge is 0.312 e. The molecular weight excluding hydrogens is 320 g/mol. The Balaban J connectivity index is 1.74. The fourth-order valence-electron chi connectivity index (χ4n) is 4.26. The summed E-state index contributed by atoms with van der Waals surface area (Å²) in [6.45, 7) is 2.68. The van der Waals surface area contributed by atoms with Gasteiger partial charge in [-0.1, -0.05) is 108 Å². The number of esters is 1. The highest BCUT2D eigenvalue weighted by atomic mass is 16.5. The molecule has 0 heterocycles. The third kappa shape index (κ3) is 7.13. The van der Waals surface area contributed by atoms with Crippen LogP contribution in [-0.4, -0.2) is 5.97 Å². The minimum absolute atomic E-state index is 0.0593. The lowest BCUT2D eigenvalue weighted by atomic mass is 9.71. The van der Waals surface area contributed by atoms with E-state index in [0.29, 0.717) is 6.61 Å². The molecule has 0 saturated heterocycles. The highest BCUT2D eigenvalue weighted by molar-refractivity contribution is 5.77. The van der Waals surface area contributed by atoms with Crippen LogP contribution in [0.1, 0.15) is 102 Å². The molecule has 146 valence electrons. The monoisotopic (exact) mass is 358 g/mol. The molecule has 0 amide bonds. The molecule has 1 fully saturated rings. The molecule has 2 nitrogen and oxygen atoms in total. The van der Waals surface area contributed by atoms with Crippen LogP contribution in [0.3, 0.4) is 0 Å². The van der Waals surface area contributed by atoms with E-state index >= 15 is 0 Å². The molecule has 1 saturated carbocycles. The molecule has 0 spiro atoms. The van der Waals surface area contributed by atoms with E-state index in [1.165, 1.54) is 70.6 Å². The van der Waals surface area contributed by atoms with E-state index in [1.54, 1.807) is 0 Å². The molecule has 2 rings (SSSR count). The van der Waals surface area contributed by atoms with Gasteiger partial charge in [0.2, 0.25) is 0 Å². The Morgan fingerprint density at radius 2 is 1.50 bits per heavy atom. The second-order valence-electron chi connectivity index (χ2n) is 8.13. The van der Waals surface area contributed by atoms with Gasteiger partial charge in [-0.25, -0.2) is 0 Å². The van der Waals surface area contributed by atoms with Gasteiger partial charge in [-0.2, -0.15) is 0 Å². The summed E-state index contributed by atoms with van der Waals surface area (Å²) in [4.78, 5) is 12.9. The Kier molecular flexibility index (Phi) is 9.81. The van der Waals surface area contributed by atoms with Crippen LogP contribution >= 0.6 is 0 Å². The van der Waals surface area contributed by atoms with Gasteiger partial charge in [-0.15, -0.1) is 0 Å². The molecule has 2 heteroatoms. The van der Waals surface area contributed by atoms with Crippen LogP contribution in [0.15, 0.2) is 30.3 Å². The topological polar surface area (TPSA) is 26.3 Å². The van der Waals surface area contributed by atoms with Crippen LogP contribution < -0.4 is 0 Å². The number of unbranched alkanes of at least 4 members (excludes halogenated alkanes) is 7. The molecule has 1 aliphatic rings. The molecule has 1 aromatic carbocycles. The van der Waals surface area contributed by atoms with Gasteiger partial charge in [0, 0.05) is 0 Å². The second kappa shape index (κ2) is 12.1. The van der Waals surface area contributed by atoms with Crippen LogP contribution in [0.2, 0.25) is 0 Å². The summed E-state index contributed by atoms with van der Waals surface area (Å²) in [6.07, 6.45) is 17.2. The first-order valence-electron chi connectivity index (χ1n) is 11.0. The largest absolute Gasteiger partial charge is 0.460 e. The van der Waals surface area contributed by atoms with Gasteiger partial charge in [0.25, 0.3) is 0 Å². The van der Waals surface area contributed by atoms with Crippen LogP contribution in [0.25, 0.3) is 0 Å². The number of carbonyl (C=O) groups excluding carboxylic acids is 1. The van der Waals surface area contributed by atoms with E-state index in [4.69, 9.17) is 4.74 Å². The zero-order chi connectivity index (χ0) is 18.5. The van der Waals surface area contributed by atoms with Crippen molar-refractivity contribution < 1.29 is 9.53 Å². The predicted molar refractivity (Wildman–Crippen MR) is 109 cm³/mol. The zero-order valence-corrected chi connectivity index (χ0v) is 16.8. The van der Waals surface area contributed by atoms with Gasteiger partial charge in [0.1, 0.15) is 6.61 Å². The van der Waals surface area contributed by atoms with Gasteiger partial charge in [-0.05, 0) is 24.8 Å². The third-order valence-electron chi connectivity index (χ3n) is 5.97. The first-order chi connectivity index (χ1) is 12.8. The second-order valence-corrected chi connectivity index (χ2v) is 8.13. The number of benzene rings is 1. The lowest BCUT2D eigenvalue weighted by molar-refractivity contribution is -0.160. The number of hydrogen-bond acceptors (Lipinski definition) is 2. The number of carbonyl (C=O) groups is 1. The average Bonchev–Trinajstić information content (AvgIpc) is 2.69. The lowest BCUT2D eigenvalue weighted by Gasteiger charge is -2.35. The average molecular weight is 359 g/mol. The van der Waals surface area contributed by atoms with Crippen molar-refractivity contribution in [1.29, 1.82) is 0 Å². The molecule has 0 unspecified atom stereocenters. The Hall–Kier alpha value is -1.31. The van der Waals surface area contributed by atoms with Crippen molar-refractivity contribution in [2.75, 3.05) is 0 Å². The van der Waals surface area contributed by atoms with E-state index in [2.05, 4.69) is 6.92 Å². The van der Waals surface area contributed by atoms with Crippen LogP contribution in [0.4, 0.5) is 0 Å². The minimum atomic E-state index is -0.199. The molecule has 0 bridgehead atoms. The van der Waals surface area contributed by atoms with E-state index in [1.807, 2.05) is 30.3 Å². The Morgan fingerprint density at radius 3 is 2.15 bits per heavy atom. The lowest BCUT2D eigenvalue weighted by Crippen LogP contribution is -2.35. The zero-order valence-electron chi connectivity index (χ0n) is 16.8. The molecule has 0 aliphatic heterocycles. The van der Waals surface area contributed by atoms with Crippen molar-refractivity contribution in [3.05, 3.63) is 35.9 Å². The molecular formula is C24H38O2. The van der Waals surface area contributed by atoms with Gasteiger partial charge in [0.05, 0.1) is 5.41 Å². The molecule has 1 aliphatic carbocycles. The molecule has 0 N–H and O–H groups in total. The van der Waals surface area contributed by atoms with Crippen molar-refractivity contribution >= 4 is 5.97 Å². The highest BCUT2D eigenvalue weighted by Crippen LogP contribution is 2.42. The van der Waals surface area contributed by atoms with Crippen molar-refractivity contribution in [3.63, 3.8) is 0 Å². The van der Waals surface area contributed by atoms with E-state index in [-0.39, 0.29) is 11.4 Å². The first kappa shape index (κ1) is 21.0. The summed E-state index contributed by atoms with van der Waals surface area (Å²) in [5.41, 5.74) is 0.883. The number of hydrogen-bond donors (Lipinski definition) is 0. The first-order valence-corrected chi connectivity index (χ1v) is 11.0. The minimum Gasteiger partial charge on any atom is -0.460 e. The maximum absolute atomic E-state index is 12.9. The standard InChI is InChI=1S/C24H38O2/c1-2-3-4-5-6-7-8-13-18-24(19-14-10-15-20-24)23(25)26-21-22-16-11-9-12-17-22/h9,11-12,16-17H,2-8,10,13-15,18-21H2,1H3. The number of rotatable bonds is 12. The van der Waals surface area contributed by atoms with Crippen LogP contribution in [0.5, 0.6) is 0 Å². The van der Waals surface area contributed by atoms with Crippen LogP contribution in [0, 0.1) is 5.41 Å². The van der Waals surface area contributed by atoms with Gasteiger partial charge < -0.3 is 4.74 Å². The predicted octanol–water partition coefficient (Wildman–Crippen LogP) is 7.21. The summed E-state index contributed by atoms with van der Waals surface area (Å²) in [5, 5.41) is 0. The Labute approximate surface area is 160 Å². The van der Waals surface area contributed by atoms with E-state index < -0.39 is 0 Å². The molecule has 0 radical (unpaired) electrons. The van der Waals surface area contributed by atoms with Gasteiger partial charge >= 0.3 is 5.97 Å². The maximum Gasteiger partial charge on any atom is 0.312 e.